The Balaban J connectivity index is 2.25. The molecule has 18 heavy (non-hydrogen) atoms. The third kappa shape index (κ3) is 3.05. The zero-order chi connectivity index (χ0) is 13.1. The molecule has 0 saturated carbocycles. The average molecular weight is 332 g/mol. The van der Waals surface area contributed by atoms with E-state index in [0.29, 0.717) is 17.3 Å². The lowest BCUT2D eigenvalue weighted by molar-refractivity contribution is 0.534. The van der Waals surface area contributed by atoms with Gasteiger partial charge in [0.15, 0.2) is 5.82 Å². The molecule has 0 radical (unpaired) electrons. The molecule has 1 heterocycles. The van der Waals surface area contributed by atoms with Crippen molar-refractivity contribution >= 4 is 27.5 Å². The topological polar surface area (TPSA) is 81.7 Å². The van der Waals surface area contributed by atoms with Crippen molar-refractivity contribution in [2.45, 2.75) is 12.5 Å². The normalized spacial score (nSPS) is 12.7. The summed E-state index contributed by atoms with van der Waals surface area (Å²) >= 11 is 9.46. The van der Waals surface area contributed by atoms with E-state index < -0.39 is 0 Å². The summed E-state index contributed by atoms with van der Waals surface area (Å²) in [4.78, 5) is 1.41. The van der Waals surface area contributed by atoms with Gasteiger partial charge in [0, 0.05) is 15.9 Å². The molecule has 0 amide bonds. The highest BCUT2D eigenvalue weighted by atomic mass is 79.9. The summed E-state index contributed by atoms with van der Waals surface area (Å²) in [6.07, 6.45) is 0.531. The van der Waals surface area contributed by atoms with Gasteiger partial charge in [0.2, 0.25) is 0 Å². The molecule has 0 aliphatic carbocycles. The molecule has 0 aliphatic rings. The van der Waals surface area contributed by atoms with Gasteiger partial charge in [0.05, 0.1) is 13.1 Å². The molecule has 0 saturated heterocycles. The summed E-state index contributed by atoms with van der Waals surface area (Å²) in [6, 6.07) is 5.41. The third-order valence-electron chi connectivity index (χ3n) is 2.47. The molecule has 6 nitrogen and oxygen atoms in total. The average Bonchev–Trinajstić information content (AvgIpc) is 2.75. The lowest BCUT2D eigenvalue weighted by Crippen LogP contribution is -2.30. The Morgan fingerprint density at radius 3 is 2.94 bits per heavy atom. The zero-order valence-corrected chi connectivity index (χ0v) is 12.0. The molecular formula is C10H12BrClN6. The summed E-state index contributed by atoms with van der Waals surface area (Å²) in [6.45, 7) is 0. The third-order valence-corrected chi connectivity index (χ3v) is 3.43. The fraction of sp³-hybridized carbons (Fsp3) is 0.300. The van der Waals surface area contributed by atoms with Crippen molar-refractivity contribution in [3.05, 3.63) is 39.1 Å². The van der Waals surface area contributed by atoms with Crippen LogP contribution in [0.15, 0.2) is 22.7 Å². The summed E-state index contributed by atoms with van der Waals surface area (Å²) in [5.41, 5.74) is 3.69. The molecule has 1 aromatic heterocycles. The first-order valence-corrected chi connectivity index (χ1v) is 6.41. The van der Waals surface area contributed by atoms with Crippen LogP contribution in [0.2, 0.25) is 5.02 Å². The van der Waals surface area contributed by atoms with Crippen LogP contribution < -0.4 is 11.3 Å². The number of aromatic nitrogens is 4. The molecule has 0 bridgehead atoms. The van der Waals surface area contributed by atoms with Gasteiger partial charge in [-0.15, -0.1) is 10.2 Å². The van der Waals surface area contributed by atoms with Gasteiger partial charge in [-0.25, -0.2) is 0 Å². The van der Waals surface area contributed by atoms with E-state index in [1.165, 1.54) is 4.80 Å². The molecular weight excluding hydrogens is 320 g/mol. The molecule has 2 aromatic rings. The van der Waals surface area contributed by atoms with Crippen molar-refractivity contribution < 1.29 is 0 Å². The highest BCUT2D eigenvalue weighted by Crippen LogP contribution is 2.27. The van der Waals surface area contributed by atoms with Gasteiger partial charge in [0.25, 0.3) is 0 Å². The van der Waals surface area contributed by atoms with Gasteiger partial charge >= 0.3 is 0 Å². The van der Waals surface area contributed by atoms with E-state index in [1.54, 1.807) is 7.05 Å². The highest BCUT2D eigenvalue weighted by molar-refractivity contribution is 9.10. The van der Waals surface area contributed by atoms with Gasteiger partial charge in [-0.2, -0.15) is 4.80 Å². The number of hydrazine groups is 1. The molecule has 1 atom stereocenters. The predicted molar refractivity (Wildman–Crippen MR) is 71.7 cm³/mol. The summed E-state index contributed by atoms with van der Waals surface area (Å²) < 4.78 is 0.929. The summed E-state index contributed by atoms with van der Waals surface area (Å²) in [7, 11) is 1.72. The lowest BCUT2D eigenvalue weighted by Gasteiger charge is -2.16. The Labute approximate surface area is 118 Å². The maximum Gasteiger partial charge on any atom is 0.176 e. The van der Waals surface area contributed by atoms with Crippen molar-refractivity contribution in [1.29, 1.82) is 0 Å². The van der Waals surface area contributed by atoms with Crippen LogP contribution in [0.4, 0.5) is 0 Å². The van der Waals surface area contributed by atoms with Crippen molar-refractivity contribution in [2.24, 2.45) is 12.9 Å². The smallest absolute Gasteiger partial charge is 0.176 e. The molecule has 2 rings (SSSR count). The van der Waals surface area contributed by atoms with E-state index in [9.17, 15) is 0 Å². The largest absolute Gasteiger partial charge is 0.271 e. The maximum absolute atomic E-state index is 5.99. The van der Waals surface area contributed by atoms with E-state index in [1.807, 2.05) is 18.2 Å². The first kappa shape index (κ1) is 13.4. The predicted octanol–water partition coefficient (Wildman–Crippen LogP) is 1.37. The minimum atomic E-state index is -0.137. The van der Waals surface area contributed by atoms with Gasteiger partial charge in [-0.1, -0.05) is 27.5 Å². The number of nitrogens with two attached hydrogens (primary N) is 1. The second-order valence-corrected chi connectivity index (χ2v) is 5.08. The zero-order valence-electron chi connectivity index (χ0n) is 9.64. The molecule has 1 unspecified atom stereocenters. The van der Waals surface area contributed by atoms with Crippen LogP contribution >= 0.6 is 27.5 Å². The Kier molecular flexibility index (Phi) is 4.28. The minimum absolute atomic E-state index is 0.137. The Morgan fingerprint density at radius 2 is 2.33 bits per heavy atom. The summed E-state index contributed by atoms with van der Waals surface area (Å²) in [5.74, 6) is 6.20. The maximum atomic E-state index is 5.99. The second-order valence-electron chi connectivity index (χ2n) is 3.78. The molecule has 8 heteroatoms. The Morgan fingerprint density at radius 1 is 1.56 bits per heavy atom. The molecule has 0 spiro atoms. The van der Waals surface area contributed by atoms with Crippen molar-refractivity contribution in [1.82, 2.24) is 25.6 Å². The van der Waals surface area contributed by atoms with Gasteiger partial charge in [-0.3, -0.25) is 11.3 Å². The lowest BCUT2D eigenvalue weighted by atomic mass is 10.0. The van der Waals surface area contributed by atoms with Gasteiger partial charge in [-0.05, 0) is 29.0 Å². The van der Waals surface area contributed by atoms with E-state index in [4.69, 9.17) is 17.4 Å². The first-order chi connectivity index (χ1) is 8.60. The van der Waals surface area contributed by atoms with E-state index >= 15 is 0 Å². The SMILES string of the molecule is Cn1nnc(CC(NN)c2cc(Cl)ccc2Br)n1. The van der Waals surface area contributed by atoms with Crippen molar-refractivity contribution in [3.8, 4) is 0 Å². The Bertz CT molecular complexity index is 543. The number of tetrazole rings is 1. The monoisotopic (exact) mass is 330 g/mol. The van der Waals surface area contributed by atoms with Crippen molar-refractivity contribution in [2.75, 3.05) is 0 Å². The molecule has 1 aromatic carbocycles. The number of hydrogen-bond donors (Lipinski definition) is 2. The highest BCUT2D eigenvalue weighted by Gasteiger charge is 2.16. The van der Waals surface area contributed by atoms with E-state index in [-0.39, 0.29) is 6.04 Å². The summed E-state index contributed by atoms with van der Waals surface area (Å²) in [5, 5.41) is 12.5. The number of hydrogen-bond acceptors (Lipinski definition) is 5. The quantitative estimate of drug-likeness (QED) is 0.653. The molecule has 3 N–H and O–H groups in total. The number of nitrogens with one attached hydrogen (secondary N) is 1. The number of benzene rings is 1. The fourth-order valence-corrected chi connectivity index (χ4v) is 2.33. The molecule has 96 valence electrons. The van der Waals surface area contributed by atoms with Crippen LogP contribution in [0.25, 0.3) is 0 Å². The first-order valence-electron chi connectivity index (χ1n) is 5.24. The molecule has 0 aliphatic heterocycles. The fourth-order valence-electron chi connectivity index (χ4n) is 1.63. The number of nitrogens with zero attached hydrogens (tertiary/aromatic N) is 4. The van der Waals surface area contributed by atoms with Crippen LogP contribution in [0, 0.1) is 0 Å². The van der Waals surface area contributed by atoms with E-state index in [2.05, 4.69) is 36.8 Å². The van der Waals surface area contributed by atoms with E-state index in [0.717, 1.165) is 10.0 Å². The number of rotatable bonds is 4. The second kappa shape index (κ2) is 5.75. The van der Waals surface area contributed by atoms with Gasteiger partial charge in [0.1, 0.15) is 0 Å². The number of halogens is 2. The van der Waals surface area contributed by atoms with Gasteiger partial charge < -0.3 is 0 Å². The van der Waals surface area contributed by atoms with Crippen LogP contribution in [0.5, 0.6) is 0 Å². The van der Waals surface area contributed by atoms with Crippen LogP contribution in [-0.2, 0) is 13.5 Å². The standard InChI is InChI=1S/C10H12BrClN6/c1-18-16-10(15-17-18)5-9(14-13)7-4-6(12)2-3-8(7)11/h2-4,9,14H,5,13H2,1H3. The van der Waals surface area contributed by atoms with Crippen LogP contribution in [0.3, 0.4) is 0 Å². The molecule has 0 fully saturated rings. The van der Waals surface area contributed by atoms with Crippen molar-refractivity contribution in [3.63, 3.8) is 0 Å². The number of aryl methyl sites for hydroxylation is 1. The minimum Gasteiger partial charge on any atom is -0.271 e. The van der Waals surface area contributed by atoms with Crippen LogP contribution in [0.1, 0.15) is 17.4 Å². The Hall–Kier alpha value is -1.02. The van der Waals surface area contributed by atoms with Crippen LogP contribution in [-0.4, -0.2) is 20.2 Å².